The summed E-state index contributed by atoms with van der Waals surface area (Å²) < 4.78 is 64.3. The Morgan fingerprint density at radius 2 is 1.67 bits per heavy atom. The van der Waals surface area contributed by atoms with Crippen LogP contribution in [0.5, 0.6) is 0 Å². The molecule has 1 N–H and O–H groups in total. The largest absolute Gasteiger partial charge is 0.435 e. The summed E-state index contributed by atoms with van der Waals surface area (Å²) in [6.45, 7) is 0. The second kappa shape index (κ2) is 7.35. The lowest BCUT2D eigenvalue weighted by atomic mass is 10.1. The number of sulfonamides is 1. The number of rotatable bonds is 5. The van der Waals surface area contributed by atoms with Gasteiger partial charge in [0, 0.05) is 10.9 Å². The SMILES string of the molecule is O=S(=O)(Nn1nc(C(F)(F)F)cc1-c1ccc(CBr)cc1)c1ccccc1. The predicted octanol–water partition coefficient (Wildman–Crippen LogP) is 4.40. The fourth-order valence-electron chi connectivity index (χ4n) is 2.33. The third kappa shape index (κ3) is 4.33. The van der Waals surface area contributed by atoms with Crippen LogP contribution in [-0.4, -0.2) is 18.3 Å². The first kappa shape index (κ1) is 19.4. The van der Waals surface area contributed by atoms with Crippen molar-refractivity contribution in [3.63, 3.8) is 0 Å². The van der Waals surface area contributed by atoms with Gasteiger partial charge in [-0.25, -0.2) is 0 Å². The Labute approximate surface area is 162 Å². The highest BCUT2D eigenvalue weighted by atomic mass is 79.9. The van der Waals surface area contributed by atoms with E-state index < -0.39 is 21.9 Å². The Kier molecular flexibility index (Phi) is 5.29. The third-order valence-electron chi connectivity index (χ3n) is 3.66. The van der Waals surface area contributed by atoms with Crippen molar-refractivity contribution in [3.05, 3.63) is 71.9 Å². The number of alkyl halides is 4. The fraction of sp³-hybridized carbons (Fsp3) is 0.118. The third-order valence-corrected chi connectivity index (χ3v) is 5.62. The Bertz CT molecular complexity index is 1030. The Morgan fingerprint density at radius 1 is 1.04 bits per heavy atom. The molecule has 3 aromatic rings. The maximum Gasteiger partial charge on any atom is 0.435 e. The fourth-order valence-corrected chi connectivity index (χ4v) is 3.69. The minimum absolute atomic E-state index is 0.0250. The van der Waals surface area contributed by atoms with Gasteiger partial charge in [-0.3, -0.25) is 0 Å². The molecule has 2 aromatic carbocycles. The van der Waals surface area contributed by atoms with Crippen LogP contribution in [-0.2, 0) is 21.5 Å². The zero-order valence-corrected chi connectivity index (χ0v) is 16.0. The summed E-state index contributed by atoms with van der Waals surface area (Å²) in [6, 6.07) is 14.8. The normalized spacial score (nSPS) is 12.1. The summed E-state index contributed by atoms with van der Waals surface area (Å²) in [7, 11) is -4.11. The number of hydrogen-bond donors (Lipinski definition) is 1. The summed E-state index contributed by atoms with van der Waals surface area (Å²) >= 11 is 3.29. The van der Waals surface area contributed by atoms with Crippen molar-refractivity contribution in [1.82, 2.24) is 9.89 Å². The van der Waals surface area contributed by atoms with Crippen LogP contribution in [0.25, 0.3) is 11.3 Å². The van der Waals surface area contributed by atoms with Gasteiger partial charge in [-0.1, -0.05) is 58.4 Å². The number of nitrogens with zero attached hydrogens (tertiary/aromatic N) is 2. The molecule has 0 aliphatic carbocycles. The average Bonchev–Trinajstić information content (AvgIpc) is 3.06. The lowest BCUT2D eigenvalue weighted by Gasteiger charge is -2.11. The van der Waals surface area contributed by atoms with E-state index in [0.717, 1.165) is 11.6 Å². The van der Waals surface area contributed by atoms with Gasteiger partial charge < -0.3 is 0 Å². The summed E-state index contributed by atoms with van der Waals surface area (Å²) in [5.41, 5.74) is 0.0879. The van der Waals surface area contributed by atoms with Gasteiger partial charge in [0.2, 0.25) is 0 Å². The quantitative estimate of drug-likeness (QED) is 0.575. The van der Waals surface area contributed by atoms with Gasteiger partial charge in [0.1, 0.15) is 0 Å². The molecule has 0 saturated carbocycles. The first-order chi connectivity index (χ1) is 12.7. The minimum Gasteiger partial charge on any atom is -0.200 e. The predicted molar refractivity (Wildman–Crippen MR) is 98.3 cm³/mol. The number of hydrogen-bond acceptors (Lipinski definition) is 3. The van der Waals surface area contributed by atoms with E-state index in [1.807, 2.05) is 0 Å². The highest BCUT2D eigenvalue weighted by Crippen LogP contribution is 2.32. The van der Waals surface area contributed by atoms with Crippen LogP contribution in [0.2, 0.25) is 0 Å². The Hall–Kier alpha value is -2.33. The van der Waals surface area contributed by atoms with Gasteiger partial charge >= 0.3 is 6.18 Å². The maximum atomic E-state index is 13.1. The summed E-state index contributed by atoms with van der Waals surface area (Å²) in [5, 5.41) is 3.99. The van der Waals surface area contributed by atoms with Crippen LogP contribution >= 0.6 is 15.9 Å². The molecule has 0 amide bonds. The zero-order valence-electron chi connectivity index (χ0n) is 13.6. The number of benzene rings is 2. The molecule has 10 heteroatoms. The van der Waals surface area contributed by atoms with Crippen molar-refractivity contribution < 1.29 is 21.6 Å². The van der Waals surface area contributed by atoms with Crippen molar-refractivity contribution in [2.24, 2.45) is 0 Å². The Balaban J connectivity index is 2.06. The number of aromatic nitrogens is 2. The summed E-state index contributed by atoms with van der Waals surface area (Å²) in [4.78, 5) is 2.64. The molecule has 0 saturated heterocycles. The zero-order chi connectivity index (χ0) is 19.7. The van der Waals surface area contributed by atoms with E-state index in [1.165, 1.54) is 24.3 Å². The van der Waals surface area contributed by atoms with Crippen molar-refractivity contribution in [2.45, 2.75) is 16.4 Å². The van der Waals surface area contributed by atoms with Crippen molar-refractivity contribution in [2.75, 3.05) is 4.83 Å². The molecule has 0 aliphatic heterocycles. The molecule has 0 unspecified atom stereocenters. The van der Waals surface area contributed by atoms with Crippen LogP contribution < -0.4 is 4.83 Å². The molecular formula is C17H13BrF3N3O2S. The molecule has 0 spiro atoms. The van der Waals surface area contributed by atoms with Crippen molar-refractivity contribution >= 4 is 26.0 Å². The molecule has 0 fully saturated rings. The van der Waals surface area contributed by atoms with Gasteiger partial charge in [0.05, 0.1) is 10.6 Å². The molecule has 3 rings (SSSR count). The van der Waals surface area contributed by atoms with E-state index in [9.17, 15) is 21.6 Å². The van der Waals surface area contributed by atoms with E-state index >= 15 is 0 Å². The molecule has 0 radical (unpaired) electrons. The second-order valence-electron chi connectivity index (χ2n) is 5.56. The lowest BCUT2D eigenvalue weighted by Crippen LogP contribution is -2.25. The summed E-state index contributed by atoms with van der Waals surface area (Å²) in [5.74, 6) is 0. The van der Waals surface area contributed by atoms with Gasteiger partial charge in [-0.2, -0.15) is 31.2 Å². The van der Waals surface area contributed by atoms with E-state index in [-0.39, 0.29) is 10.6 Å². The summed E-state index contributed by atoms with van der Waals surface area (Å²) in [6.07, 6.45) is -4.71. The molecule has 142 valence electrons. The first-order valence-corrected chi connectivity index (χ1v) is 10.2. The van der Waals surface area contributed by atoms with E-state index in [1.54, 1.807) is 30.3 Å². The van der Waals surface area contributed by atoms with E-state index in [0.29, 0.717) is 15.7 Å². The molecule has 1 aromatic heterocycles. The number of halogens is 4. The highest BCUT2D eigenvalue weighted by molar-refractivity contribution is 9.08. The van der Waals surface area contributed by atoms with Crippen molar-refractivity contribution in [3.8, 4) is 11.3 Å². The molecule has 0 bridgehead atoms. The highest BCUT2D eigenvalue weighted by Gasteiger charge is 2.35. The molecule has 0 aliphatic rings. The second-order valence-corrected chi connectivity index (χ2v) is 7.78. The van der Waals surface area contributed by atoms with E-state index in [2.05, 4.69) is 25.9 Å². The van der Waals surface area contributed by atoms with E-state index in [4.69, 9.17) is 0 Å². The first-order valence-electron chi connectivity index (χ1n) is 7.61. The maximum absolute atomic E-state index is 13.1. The van der Waals surface area contributed by atoms with Crippen LogP contribution in [0, 0.1) is 0 Å². The van der Waals surface area contributed by atoms with Crippen LogP contribution in [0.1, 0.15) is 11.3 Å². The van der Waals surface area contributed by atoms with Gasteiger partial charge in [0.15, 0.2) is 5.69 Å². The standard InChI is InChI=1S/C17H13BrF3N3O2S/c18-11-12-6-8-13(9-7-12)15-10-16(17(19,20)21)22-24(15)23-27(25,26)14-4-2-1-3-5-14/h1-10,23H,11H2. The van der Waals surface area contributed by atoms with Crippen molar-refractivity contribution in [1.29, 1.82) is 0 Å². The monoisotopic (exact) mass is 459 g/mol. The smallest absolute Gasteiger partial charge is 0.200 e. The topological polar surface area (TPSA) is 64.0 Å². The van der Waals surface area contributed by atoms with Gasteiger partial charge in [-0.05, 0) is 23.8 Å². The van der Waals surface area contributed by atoms with Gasteiger partial charge in [-0.15, -0.1) is 5.10 Å². The van der Waals surface area contributed by atoms with Gasteiger partial charge in [0.25, 0.3) is 10.0 Å². The van der Waals surface area contributed by atoms with Crippen LogP contribution in [0.4, 0.5) is 13.2 Å². The molecule has 0 atom stereocenters. The molecule has 27 heavy (non-hydrogen) atoms. The minimum atomic E-state index is -4.71. The molecular weight excluding hydrogens is 447 g/mol. The molecule has 1 heterocycles. The lowest BCUT2D eigenvalue weighted by molar-refractivity contribution is -0.141. The Morgan fingerprint density at radius 3 is 2.22 bits per heavy atom. The number of nitrogens with one attached hydrogen (secondary N) is 1. The van der Waals surface area contributed by atoms with Crippen LogP contribution in [0.15, 0.2) is 65.6 Å². The average molecular weight is 460 g/mol. The van der Waals surface area contributed by atoms with Crippen LogP contribution in [0.3, 0.4) is 0 Å². The molecule has 5 nitrogen and oxygen atoms in total.